The maximum atomic E-state index is 12.6. The molecular weight excluding hydrogens is 352 g/mol. The summed E-state index contributed by atoms with van der Waals surface area (Å²) in [5, 5.41) is 0. The van der Waals surface area contributed by atoms with Crippen LogP contribution >= 0.6 is 0 Å². The van der Waals surface area contributed by atoms with E-state index >= 15 is 0 Å². The van der Waals surface area contributed by atoms with Crippen molar-refractivity contribution in [2.24, 2.45) is 0 Å². The lowest BCUT2D eigenvalue weighted by Crippen LogP contribution is -2.49. The number of sulfonamides is 1. The molecule has 0 N–H and O–H groups in total. The molecule has 2 aromatic carbocycles. The van der Waals surface area contributed by atoms with Crippen molar-refractivity contribution in [3.8, 4) is 0 Å². The van der Waals surface area contributed by atoms with Gasteiger partial charge in [0, 0.05) is 26.2 Å². The number of nitrogens with zero attached hydrogens (tertiary/aromatic N) is 2. The van der Waals surface area contributed by atoms with Gasteiger partial charge in [0.15, 0.2) is 0 Å². The van der Waals surface area contributed by atoms with Crippen LogP contribution in [0.15, 0.2) is 65.6 Å². The summed E-state index contributed by atoms with van der Waals surface area (Å²) >= 11 is 0. The number of carbonyl (C=O) groups is 1. The Morgan fingerprint density at radius 1 is 0.885 bits per heavy atom. The first-order valence-corrected chi connectivity index (χ1v) is 9.97. The van der Waals surface area contributed by atoms with Gasteiger partial charge < -0.3 is 4.74 Å². The van der Waals surface area contributed by atoms with Gasteiger partial charge in [-0.2, -0.15) is 4.31 Å². The van der Waals surface area contributed by atoms with Crippen molar-refractivity contribution in [1.29, 1.82) is 0 Å². The molecule has 1 aliphatic heterocycles. The third-order valence-corrected chi connectivity index (χ3v) is 6.22. The summed E-state index contributed by atoms with van der Waals surface area (Å²) < 4.78 is 31.9. The Morgan fingerprint density at radius 2 is 1.46 bits per heavy atom. The van der Waals surface area contributed by atoms with Crippen molar-refractivity contribution in [2.75, 3.05) is 32.7 Å². The van der Waals surface area contributed by atoms with Crippen molar-refractivity contribution in [2.45, 2.75) is 11.5 Å². The van der Waals surface area contributed by atoms with Crippen molar-refractivity contribution >= 4 is 16.0 Å². The lowest BCUT2D eigenvalue weighted by molar-refractivity contribution is -0.146. The fourth-order valence-electron chi connectivity index (χ4n) is 2.84. The van der Waals surface area contributed by atoms with Gasteiger partial charge in [0.25, 0.3) is 0 Å². The molecule has 1 saturated heterocycles. The van der Waals surface area contributed by atoms with Crippen LogP contribution in [-0.2, 0) is 26.2 Å². The van der Waals surface area contributed by atoms with E-state index in [1.807, 2.05) is 35.2 Å². The molecule has 1 aliphatic rings. The highest BCUT2D eigenvalue weighted by atomic mass is 32.2. The molecule has 0 aliphatic carbocycles. The van der Waals surface area contributed by atoms with Crippen LogP contribution in [0.1, 0.15) is 5.56 Å². The highest BCUT2D eigenvalue weighted by molar-refractivity contribution is 7.89. The van der Waals surface area contributed by atoms with Gasteiger partial charge in [-0.1, -0.05) is 48.5 Å². The molecule has 0 unspecified atom stereocenters. The monoisotopic (exact) mass is 374 g/mol. The van der Waals surface area contributed by atoms with E-state index in [2.05, 4.69) is 0 Å². The Bertz CT molecular complexity index is 817. The van der Waals surface area contributed by atoms with Crippen LogP contribution in [0.25, 0.3) is 0 Å². The molecule has 7 heteroatoms. The summed E-state index contributed by atoms with van der Waals surface area (Å²) in [5.74, 6) is -0.298. The molecule has 1 fully saturated rings. The average molecular weight is 374 g/mol. The van der Waals surface area contributed by atoms with Crippen LogP contribution in [0.3, 0.4) is 0 Å². The van der Waals surface area contributed by atoms with E-state index in [4.69, 9.17) is 4.74 Å². The normalized spacial score (nSPS) is 16.3. The van der Waals surface area contributed by atoms with Crippen molar-refractivity contribution < 1.29 is 17.9 Å². The average Bonchev–Trinajstić information content (AvgIpc) is 2.68. The van der Waals surface area contributed by atoms with Crippen molar-refractivity contribution in [1.82, 2.24) is 9.21 Å². The minimum Gasteiger partial charge on any atom is -0.460 e. The summed E-state index contributed by atoms with van der Waals surface area (Å²) in [6, 6.07) is 17.9. The Morgan fingerprint density at radius 3 is 2.08 bits per heavy atom. The van der Waals surface area contributed by atoms with Crippen LogP contribution in [0.2, 0.25) is 0 Å². The predicted octanol–water partition coefficient (Wildman–Crippen LogP) is 1.74. The maximum absolute atomic E-state index is 12.6. The number of benzene rings is 2. The smallest absolute Gasteiger partial charge is 0.320 e. The second kappa shape index (κ2) is 8.44. The first-order chi connectivity index (χ1) is 12.6. The van der Waals surface area contributed by atoms with Crippen LogP contribution in [0.5, 0.6) is 0 Å². The number of piperazine rings is 1. The number of hydrogen-bond acceptors (Lipinski definition) is 5. The number of ether oxygens (including phenoxy) is 1. The summed E-state index contributed by atoms with van der Waals surface area (Å²) in [7, 11) is -3.47. The minimum absolute atomic E-state index is 0.173. The summed E-state index contributed by atoms with van der Waals surface area (Å²) in [6.07, 6.45) is 0. The van der Waals surface area contributed by atoms with E-state index in [1.54, 1.807) is 30.3 Å². The Balaban J connectivity index is 1.47. The molecule has 2 aromatic rings. The largest absolute Gasteiger partial charge is 0.460 e. The molecule has 0 aromatic heterocycles. The molecule has 1 heterocycles. The fourth-order valence-corrected chi connectivity index (χ4v) is 4.28. The Labute approximate surface area is 154 Å². The maximum Gasteiger partial charge on any atom is 0.320 e. The molecule has 3 rings (SSSR count). The zero-order valence-electron chi connectivity index (χ0n) is 14.5. The second-order valence-electron chi connectivity index (χ2n) is 6.14. The van der Waals surface area contributed by atoms with Gasteiger partial charge in [0.1, 0.15) is 6.61 Å². The van der Waals surface area contributed by atoms with Crippen molar-refractivity contribution in [3.63, 3.8) is 0 Å². The van der Waals surface area contributed by atoms with E-state index in [1.165, 1.54) is 4.31 Å². The van der Waals surface area contributed by atoms with Gasteiger partial charge in [-0.05, 0) is 17.7 Å². The SMILES string of the molecule is O=C(CN1CCN(S(=O)(=O)c2ccccc2)CC1)OCc1ccccc1. The van der Waals surface area contributed by atoms with E-state index < -0.39 is 10.0 Å². The molecule has 0 spiro atoms. The fraction of sp³-hybridized carbons (Fsp3) is 0.316. The summed E-state index contributed by atoms with van der Waals surface area (Å²) in [5.41, 5.74) is 0.944. The third-order valence-electron chi connectivity index (χ3n) is 4.31. The highest BCUT2D eigenvalue weighted by Crippen LogP contribution is 2.17. The first kappa shape index (κ1) is 18.6. The van der Waals surface area contributed by atoms with E-state index in [9.17, 15) is 13.2 Å². The quantitative estimate of drug-likeness (QED) is 0.721. The Kier molecular flexibility index (Phi) is 6.03. The third kappa shape index (κ3) is 4.69. The number of esters is 1. The summed E-state index contributed by atoms with van der Waals surface area (Å²) in [6.45, 7) is 2.17. The van der Waals surface area contributed by atoms with Crippen LogP contribution in [-0.4, -0.2) is 56.3 Å². The molecule has 0 bridgehead atoms. The van der Waals surface area contributed by atoms with Crippen LogP contribution < -0.4 is 0 Å². The number of hydrogen-bond donors (Lipinski definition) is 0. The number of rotatable bonds is 6. The van der Waals surface area contributed by atoms with Crippen LogP contribution in [0.4, 0.5) is 0 Å². The van der Waals surface area contributed by atoms with Gasteiger partial charge >= 0.3 is 5.97 Å². The topological polar surface area (TPSA) is 66.9 Å². The summed E-state index contributed by atoms with van der Waals surface area (Å²) in [4.78, 5) is 14.2. The van der Waals surface area contributed by atoms with Gasteiger partial charge in [0.05, 0.1) is 11.4 Å². The highest BCUT2D eigenvalue weighted by Gasteiger charge is 2.29. The van der Waals surface area contributed by atoms with Gasteiger partial charge in [0.2, 0.25) is 10.0 Å². The van der Waals surface area contributed by atoms with Gasteiger partial charge in [-0.3, -0.25) is 9.69 Å². The molecule has 0 atom stereocenters. The molecule has 6 nitrogen and oxygen atoms in total. The van der Waals surface area contributed by atoms with Gasteiger partial charge in [-0.15, -0.1) is 0 Å². The lowest BCUT2D eigenvalue weighted by Gasteiger charge is -2.33. The molecule has 0 radical (unpaired) electrons. The Hall–Kier alpha value is -2.22. The minimum atomic E-state index is -3.47. The van der Waals surface area contributed by atoms with Gasteiger partial charge in [-0.25, -0.2) is 8.42 Å². The zero-order valence-corrected chi connectivity index (χ0v) is 15.3. The lowest BCUT2D eigenvalue weighted by atomic mass is 10.2. The van der Waals surface area contributed by atoms with Crippen LogP contribution in [0, 0.1) is 0 Å². The standard InChI is InChI=1S/C19H22N2O4S/c22-19(25-16-17-7-3-1-4-8-17)15-20-11-13-21(14-12-20)26(23,24)18-9-5-2-6-10-18/h1-10H,11-16H2. The van der Waals surface area contributed by atoms with E-state index in [0.29, 0.717) is 31.1 Å². The first-order valence-electron chi connectivity index (χ1n) is 8.53. The molecule has 138 valence electrons. The molecule has 26 heavy (non-hydrogen) atoms. The van der Waals surface area contributed by atoms with Crippen molar-refractivity contribution in [3.05, 3.63) is 66.2 Å². The second-order valence-corrected chi connectivity index (χ2v) is 8.08. The number of carbonyl (C=O) groups excluding carboxylic acids is 1. The predicted molar refractivity (Wildman–Crippen MR) is 97.9 cm³/mol. The molecule has 0 amide bonds. The zero-order chi connectivity index (χ0) is 18.4. The van der Waals surface area contributed by atoms with E-state index in [-0.39, 0.29) is 19.1 Å². The molecular formula is C19H22N2O4S. The molecule has 0 saturated carbocycles. The van der Waals surface area contributed by atoms with E-state index in [0.717, 1.165) is 5.56 Å².